The predicted molar refractivity (Wildman–Crippen MR) is 101 cm³/mol. The van der Waals surface area contributed by atoms with Gasteiger partial charge in [0.2, 0.25) is 5.91 Å². The number of morpholine rings is 1. The molecular formula is C19H24FN3O2S. The average molecular weight is 377 g/mol. The summed E-state index contributed by atoms with van der Waals surface area (Å²) in [5.74, 6) is -0.359. The van der Waals surface area contributed by atoms with E-state index in [9.17, 15) is 9.18 Å². The number of halogens is 1. The van der Waals surface area contributed by atoms with Crippen molar-refractivity contribution in [1.82, 2.24) is 9.88 Å². The van der Waals surface area contributed by atoms with E-state index in [4.69, 9.17) is 4.74 Å². The Morgan fingerprint density at radius 3 is 2.46 bits per heavy atom. The maximum absolute atomic E-state index is 13.5. The van der Waals surface area contributed by atoms with Crippen molar-refractivity contribution < 1.29 is 13.9 Å². The summed E-state index contributed by atoms with van der Waals surface area (Å²) in [6.45, 7) is 8.31. The fraction of sp³-hybridized carbons (Fsp3) is 0.474. The Balaban J connectivity index is 2.08. The second-order valence-corrected chi connectivity index (χ2v) is 8.06. The van der Waals surface area contributed by atoms with Gasteiger partial charge in [-0.1, -0.05) is 20.8 Å². The molecule has 2 aromatic rings. The molecule has 1 fully saturated rings. The molecule has 1 aromatic heterocycles. The number of ether oxygens (including phenoxy) is 1. The highest BCUT2D eigenvalue weighted by Crippen LogP contribution is 2.34. The van der Waals surface area contributed by atoms with E-state index in [-0.39, 0.29) is 17.9 Å². The summed E-state index contributed by atoms with van der Waals surface area (Å²) in [6.07, 6.45) is -0.345. The van der Waals surface area contributed by atoms with Crippen LogP contribution in [0.5, 0.6) is 0 Å². The minimum Gasteiger partial charge on any atom is -0.379 e. The van der Waals surface area contributed by atoms with Crippen molar-refractivity contribution in [3.8, 4) is 0 Å². The molecule has 2 heterocycles. The second kappa shape index (κ2) is 7.82. The lowest BCUT2D eigenvalue weighted by Crippen LogP contribution is -2.51. The van der Waals surface area contributed by atoms with Crippen LogP contribution >= 0.6 is 11.3 Å². The van der Waals surface area contributed by atoms with Crippen molar-refractivity contribution in [2.45, 2.75) is 26.9 Å². The summed E-state index contributed by atoms with van der Waals surface area (Å²) in [6, 6.07) is 6.07. The largest absolute Gasteiger partial charge is 0.379 e. The van der Waals surface area contributed by atoms with Crippen LogP contribution in [0.1, 0.15) is 32.6 Å². The third-order valence-electron chi connectivity index (χ3n) is 4.32. The van der Waals surface area contributed by atoms with Gasteiger partial charge in [0, 0.05) is 29.6 Å². The number of rotatable bonds is 4. The molecule has 26 heavy (non-hydrogen) atoms. The number of aromatic nitrogens is 1. The van der Waals surface area contributed by atoms with Crippen LogP contribution in [-0.4, -0.2) is 42.1 Å². The molecule has 0 N–H and O–H groups in total. The molecule has 0 aliphatic carbocycles. The number of hydrogen-bond donors (Lipinski definition) is 0. The average Bonchev–Trinajstić information content (AvgIpc) is 3.14. The lowest BCUT2D eigenvalue weighted by atomic mass is 9.93. The molecule has 0 radical (unpaired) electrons. The molecule has 140 valence electrons. The monoisotopic (exact) mass is 377 g/mol. The number of hydrogen-bond acceptors (Lipinski definition) is 5. The van der Waals surface area contributed by atoms with Crippen molar-refractivity contribution in [1.29, 1.82) is 0 Å². The minimum absolute atomic E-state index is 0.0337. The van der Waals surface area contributed by atoms with Crippen molar-refractivity contribution in [3.05, 3.63) is 46.7 Å². The molecule has 1 aliphatic heterocycles. The molecule has 1 amide bonds. The standard InChI is InChI=1S/C19H24FN3O2S/c1-19(2,3)18(24)23(15-6-4-14(20)5-7-15)17(16-12-26-13-21-16)22-8-10-25-11-9-22/h4-7,12-13,17H,8-11H2,1-3H3. The van der Waals surface area contributed by atoms with E-state index in [0.717, 1.165) is 5.69 Å². The zero-order valence-corrected chi connectivity index (χ0v) is 16.1. The van der Waals surface area contributed by atoms with Gasteiger partial charge >= 0.3 is 0 Å². The van der Waals surface area contributed by atoms with E-state index >= 15 is 0 Å². The van der Waals surface area contributed by atoms with E-state index in [2.05, 4.69) is 9.88 Å². The third kappa shape index (κ3) is 4.11. The molecule has 1 unspecified atom stereocenters. The first-order chi connectivity index (χ1) is 12.4. The number of nitrogens with zero attached hydrogens (tertiary/aromatic N) is 3. The smallest absolute Gasteiger partial charge is 0.234 e. The number of anilines is 1. The van der Waals surface area contributed by atoms with E-state index in [0.29, 0.717) is 32.0 Å². The fourth-order valence-corrected chi connectivity index (χ4v) is 3.55. The van der Waals surface area contributed by atoms with Gasteiger partial charge in [0.15, 0.2) is 0 Å². The van der Waals surface area contributed by atoms with Crippen LogP contribution in [0.4, 0.5) is 10.1 Å². The maximum Gasteiger partial charge on any atom is 0.234 e. The number of carbonyl (C=O) groups excluding carboxylic acids is 1. The zero-order valence-electron chi connectivity index (χ0n) is 15.3. The van der Waals surface area contributed by atoms with Crippen LogP contribution in [0.15, 0.2) is 35.2 Å². The van der Waals surface area contributed by atoms with Crippen LogP contribution in [0.2, 0.25) is 0 Å². The van der Waals surface area contributed by atoms with E-state index < -0.39 is 5.41 Å². The molecule has 1 aliphatic rings. The van der Waals surface area contributed by atoms with E-state index in [1.54, 1.807) is 22.5 Å². The summed E-state index contributed by atoms with van der Waals surface area (Å²) < 4.78 is 19.0. The van der Waals surface area contributed by atoms with Gasteiger partial charge in [0.05, 0.1) is 24.4 Å². The van der Waals surface area contributed by atoms with Gasteiger partial charge in [0.25, 0.3) is 0 Å². The van der Waals surface area contributed by atoms with Gasteiger partial charge in [-0.25, -0.2) is 9.37 Å². The van der Waals surface area contributed by atoms with Crippen LogP contribution in [-0.2, 0) is 9.53 Å². The lowest BCUT2D eigenvalue weighted by Gasteiger charge is -2.42. The highest BCUT2D eigenvalue weighted by Gasteiger charge is 2.38. The fourth-order valence-electron chi connectivity index (χ4n) is 2.99. The van der Waals surface area contributed by atoms with Crippen molar-refractivity contribution >= 4 is 22.9 Å². The second-order valence-electron chi connectivity index (χ2n) is 7.34. The Bertz CT molecular complexity index is 722. The predicted octanol–water partition coefficient (Wildman–Crippen LogP) is 3.69. The van der Waals surface area contributed by atoms with Gasteiger partial charge in [-0.3, -0.25) is 14.6 Å². The van der Waals surface area contributed by atoms with Gasteiger partial charge in [0.1, 0.15) is 12.0 Å². The molecule has 1 atom stereocenters. The summed E-state index contributed by atoms with van der Waals surface area (Å²) in [7, 11) is 0. The van der Waals surface area contributed by atoms with Gasteiger partial charge in [-0.15, -0.1) is 11.3 Å². The Kier molecular flexibility index (Phi) is 5.70. The molecule has 0 saturated carbocycles. The first kappa shape index (κ1) is 18.9. The highest BCUT2D eigenvalue weighted by atomic mass is 32.1. The Morgan fingerprint density at radius 2 is 1.92 bits per heavy atom. The summed E-state index contributed by atoms with van der Waals surface area (Å²) >= 11 is 1.50. The number of thiazole rings is 1. The molecular weight excluding hydrogens is 353 g/mol. The van der Waals surface area contributed by atoms with Gasteiger partial charge in [-0.2, -0.15) is 0 Å². The maximum atomic E-state index is 13.5. The van der Waals surface area contributed by atoms with Gasteiger partial charge < -0.3 is 4.74 Å². The SMILES string of the molecule is CC(C)(C)C(=O)N(c1ccc(F)cc1)C(c1cscn1)N1CCOCC1. The number of amides is 1. The highest BCUT2D eigenvalue weighted by molar-refractivity contribution is 7.07. The lowest BCUT2D eigenvalue weighted by molar-refractivity contribution is -0.127. The first-order valence-corrected chi connectivity index (χ1v) is 9.61. The molecule has 0 bridgehead atoms. The van der Waals surface area contributed by atoms with Crippen LogP contribution in [0.25, 0.3) is 0 Å². The zero-order chi connectivity index (χ0) is 18.7. The number of carbonyl (C=O) groups is 1. The summed E-state index contributed by atoms with van der Waals surface area (Å²) in [4.78, 5) is 21.8. The summed E-state index contributed by atoms with van der Waals surface area (Å²) in [5, 5.41) is 1.96. The van der Waals surface area contributed by atoms with Crippen LogP contribution in [0, 0.1) is 11.2 Å². The molecule has 7 heteroatoms. The van der Waals surface area contributed by atoms with Crippen LogP contribution in [0.3, 0.4) is 0 Å². The Morgan fingerprint density at radius 1 is 1.27 bits per heavy atom. The van der Waals surface area contributed by atoms with Crippen LogP contribution < -0.4 is 4.90 Å². The third-order valence-corrected chi connectivity index (χ3v) is 4.92. The molecule has 1 saturated heterocycles. The normalized spacial score (nSPS) is 17.1. The molecule has 3 rings (SSSR count). The Labute approximate surface area is 157 Å². The quantitative estimate of drug-likeness (QED) is 0.815. The van der Waals surface area contributed by atoms with Crippen molar-refractivity contribution in [3.63, 3.8) is 0 Å². The van der Waals surface area contributed by atoms with E-state index in [1.165, 1.54) is 23.5 Å². The van der Waals surface area contributed by atoms with Crippen molar-refractivity contribution in [2.24, 2.45) is 5.41 Å². The molecule has 0 spiro atoms. The molecule has 5 nitrogen and oxygen atoms in total. The van der Waals surface area contributed by atoms with E-state index in [1.807, 2.05) is 26.2 Å². The molecule has 1 aromatic carbocycles. The minimum atomic E-state index is -0.588. The summed E-state index contributed by atoms with van der Waals surface area (Å²) in [5.41, 5.74) is 2.66. The Hall–Kier alpha value is -1.83. The van der Waals surface area contributed by atoms with Gasteiger partial charge in [-0.05, 0) is 24.3 Å². The topological polar surface area (TPSA) is 45.7 Å². The number of benzene rings is 1. The van der Waals surface area contributed by atoms with Crippen molar-refractivity contribution in [2.75, 3.05) is 31.2 Å². The first-order valence-electron chi connectivity index (χ1n) is 8.67.